The van der Waals surface area contributed by atoms with Gasteiger partial charge in [0, 0.05) is 10.2 Å². The Hall–Kier alpha value is -1.86. The lowest BCUT2D eigenvalue weighted by Crippen LogP contribution is -2.34. The van der Waals surface area contributed by atoms with Gasteiger partial charge in [-0.15, -0.1) is 0 Å². The maximum absolute atomic E-state index is 13.0. The number of rotatable bonds is 3. The van der Waals surface area contributed by atoms with Crippen LogP contribution in [-0.4, -0.2) is 16.5 Å². The molecule has 22 heavy (non-hydrogen) atoms. The van der Waals surface area contributed by atoms with Gasteiger partial charge in [0.1, 0.15) is 5.82 Å². The summed E-state index contributed by atoms with van der Waals surface area (Å²) in [6, 6.07) is 12.6. The van der Waals surface area contributed by atoms with Crippen LogP contribution in [0.4, 0.5) is 20.6 Å². The third-order valence-corrected chi connectivity index (χ3v) is 4.54. The van der Waals surface area contributed by atoms with Gasteiger partial charge < -0.3 is 5.32 Å². The van der Waals surface area contributed by atoms with Gasteiger partial charge in [0.25, 0.3) is 11.1 Å². The lowest BCUT2D eigenvalue weighted by Gasteiger charge is -2.14. The highest BCUT2D eigenvalue weighted by Gasteiger charge is 2.40. The van der Waals surface area contributed by atoms with E-state index in [-0.39, 0.29) is 11.1 Å². The van der Waals surface area contributed by atoms with E-state index in [9.17, 15) is 14.0 Å². The highest BCUT2D eigenvalue weighted by atomic mass is 79.9. The van der Waals surface area contributed by atoms with E-state index in [4.69, 9.17) is 0 Å². The molecule has 2 amide bonds. The molecule has 2 aromatic rings. The zero-order valence-electron chi connectivity index (χ0n) is 11.1. The monoisotopic (exact) mass is 380 g/mol. The predicted octanol–water partition coefficient (Wildman–Crippen LogP) is 4.23. The maximum Gasteiger partial charge on any atom is 0.295 e. The lowest BCUT2D eigenvalue weighted by atomic mass is 10.3. The molecule has 2 aromatic carbocycles. The molecule has 1 aliphatic rings. The number of hydrogen-bond donors (Lipinski definition) is 1. The zero-order valence-corrected chi connectivity index (χ0v) is 13.5. The fraction of sp³-hybridized carbons (Fsp3) is 0.0667. The number of imide groups is 1. The van der Waals surface area contributed by atoms with Gasteiger partial charge in [-0.2, -0.15) is 0 Å². The van der Waals surface area contributed by atoms with Crippen molar-refractivity contribution in [1.82, 2.24) is 0 Å². The summed E-state index contributed by atoms with van der Waals surface area (Å²) in [6.45, 7) is 0. The van der Waals surface area contributed by atoms with E-state index in [0.29, 0.717) is 5.69 Å². The van der Waals surface area contributed by atoms with Crippen LogP contribution in [-0.2, 0) is 4.79 Å². The van der Waals surface area contributed by atoms with E-state index in [2.05, 4.69) is 21.2 Å². The average Bonchev–Trinajstić information content (AvgIpc) is 2.77. The molecule has 1 atom stereocenters. The van der Waals surface area contributed by atoms with Crippen LogP contribution in [0, 0.1) is 5.82 Å². The van der Waals surface area contributed by atoms with Gasteiger partial charge >= 0.3 is 0 Å². The van der Waals surface area contributed by atoms with Gasteiger partial charge in [-0.1, -0.05) is 15.9 Å². The predicted molar refractivity (Wildman–Crippen MR) is 88.4 cm³/mol. The molecule has 1 saturated heterocycles. The molecule has 0 aromatic heterocycles. The Morgan fingerprint density at radius 1 is 1.05 bits per heavy atom. The van der Waals surface area contributed by atoms with Crippen molar-refractivity contribution < 1.29 is 14.0 Å². The van der Waals surface area contributed by atoms with E-state index in [1.54, 1.807) is 0 Å². The number of carbonyl (C=O) groups is 2. The van der Waals surface area contributed by atoms with Crippen LogP contribution in [0.15, 0.2) is 53.0 Å². The Balaban J connectivity index is 1.79. The van der Waals surface area contributed by atoms with Gasteiger partial charge in [0.2, 0.25) is 0 Å². The van der Waals surface area contributed by atoms with Gasteiger partial charge in [-0.25, -0.2) is 9.29 Å². The number of anilines is 2. The minimum atomic E-state index is -0.696. The number of thioether (sulfide) groups is 1. The molecule has 0 aliphatic carbocycles. The first kappa shape index (κ1) is 15.1. The molecule has 0 unspecified atom stereocenters. The molecule has 0 bridgehead atoms. The zero-order chi connectivity index (χ0) is 15.7. The first-order chi connectivity index (χ1) is 10.5. The Kier molecular flexibility index (Phi) is 4.17. The standard InChI is InChI=1S/C15H10BrFN2O2S/c16-9-1-5-11(6-2-9)18-13-14(20)19(15(21)22-13)12-7-3-10(17)4-8-12/h1-8,13,18H/t13-/m0/s1. The Morgan fingerprint density at radius 3 is 2.32 bits per heavy atom. The molecular weight excluding hydrogens is 371 g/mol. The Labute approximate surface area is 138 Å². The third-order valence-electron chi connectivity index (χ3n) is 3.07. The van der Waals surface area contributed by atoms with Gasteiger partial charge in [0.15, 0.2) is 5.37 Å². The van der Waals surface area contributed by atoms with Crippen LogP contribution in [0.2, 0.25) is 0 Å². The number of carbonyl (C=O) groups excluding carboxylic acids is 2. The van der Waals surface area contributed by atoms with Crippen LogP contribution in [0.25, 0.3) is 0 Å². The van der Waals surface area contributed by atoms with Crippen molar-refractivity contribution in [2.75, 3.05) is 10.2 Å². The number of hydrogen-bond acceptors (Lipinski definition) is 4. The van der Waals surface area contributed by atoms with Crippen LogP contribution >= 0.6 is 27.7 Å². The number of halogens is 2. The van der Waals surface area contributed by atoms with Crippen LogP contribution in [0.5, 0.6) is 0 Å². The number of amides is 2. The maximum atomic E-state index is 13.0. The summed E-state index contributed by atoms with van der Waals surface area (Å²) >= 11 is 4.23. The number of benzene rings is 2. The van der Waals surface area contributed by atoms with E-state index < -0.39 is 11.2 Å². The molecular formula is C15H10BrFN2O2S. The SMILES string of the molecule is O=C1S[C@H](Nc2ccc(Br)cc2)C(=O)N1c1ccc(F)cc1. The second-order valence-electron chi connectivity index (χ2n) is 4.57. The normalized spacial score (nSPS) is 17.9. The molecule has 3 rings (SSSR count). The van der Waals surface area contributed by atoms with Gasteiger partial charge in [-0.05, 0) is 60.3 Å². The van der Waals surface area contributed by atoms with E-state index >= 15 is 0 Å². The molecule has 0 saturated carbocycles. The van der Waals surface area contributed by atoms with Crippen molar-refractivity contribution in [3.8, 4) is 0 Å². The quantitative estimate of drug-likeness (QED) is 0.865. The summed E-state index contributed by atoms with van der Waals surface area (Å²) in [6.07, 6.45) is 0. The van der Waals surface area contributed by atoms with Crippen molar-refractivity contribution in [1.29, 1.82) is 0 Å². The Morgan fingerprint density at radius 2 is 1.68 bits per heavy atom. The largest absolute Gasteiger partial charge is 0.365 e. The summed E-state index contributed by atoms with van der Waals surface area (Å²) in [4.78, 5) is 25.5. The summed E-state index contributed by atoms with van der Waals surface area (Å²) in [5.74, 6) is -0.787. The average molecular weight is 381 g/mol. The van der Waals surface area contributed by atoms with E-state index in [1.165, 1.54) is 24.3 Å². The van der Waals surface area contributed by atoms with Crippen molar-refractivity contribution >= 4 is 50.2 Å². The Bertz CT molecular complexity index is 721. The molecule has 1 aliphatic heterocycles. The molecule has 4 nitrogen and oxygen atoms in total. The summed E-state index contributed by atoms with van der Waals surface area (Å²) in [5.41, 5.74) is 1.10. The summed E-state index contributed by atoms with van der Waals surface area (Å²) in [5, 5.41) is 1.94. The molecule has 7 heteroatoms. The minimum Gasteiger partial charge on any atom is -0.365 e. The summed E-state index contributed by atoms with van der Waals surface area (Å²) in [7, 11) is 0. The van der Waals surface area contributed by atoms with E-state index in [0.717, 1.165) is 26.8 Å². The fourth-order valence-electron chi connectivity index (χ4n) is 2.02. The van der Waals surface area contributed by atoms with Crippen molar-refractivity contribution in [3.05, 3.63) is 58.8 Å². The third kappa shape index (κ3) is 3.00. The molecule has 1 heterocycles. The van der Waals surface area contributed by atoms with E-state index in [1.807, 2.05) is 24.3 Å². The van der Waals surface area contributed by atoms with Gasteiger partial charge in [0.05, 0.1) is 5.69 Å². The van der Waals surface area contributed by atoms with Crippen LogP contribution in [0.1, 0.15) is 0 Å². The number of nitrogens with zero attached hydrogens (tertiary/aromatic N) is 1. The second-order valence-corrected chi connectivity index (χ2v) is 6.54. The molecule has 0 spiro atoms. The highest BCUT2D eigenvalue weighted by molar-refractivity contribution is 9.10. The van der Waals surface area contributed by atoms with Crippen molar-refractivity contribution in [3.63, 3.8) is 0 Å². The van der Waals surface area contributed by atoms with Gasteiger partial charge in [-0.3, -0.25) is 9.59 Å². The second kappa shape index (κ2) is 6.10. The number of nitrogens with one attached hydrogen (secondary N) is 1. The lowest BCUT2D eigenvalue weighted by molar-refractivity contribution is -0.116. The molecule has 1 N–H and O–H groups in total. The molecule has 1 fully saturated rings. The highest BCUT2D eigenvalue weighted by Crippen LogP contribution is 2.32. The van der Waals surface area contributed by atoms with Crippen LogP contribution in [0.3, 0.4) is 0 Å². The molecule has 0 radical (unpaired) electrons. The minimum absolute atomic E-state index is 0.365. The van der Waals surface area contributed by atoms with Crippen LogP contribution < -0.4 is 10.2 Å². The topological polar surface area (TPSA) is 49.4 Å². The summed E-state index contributed by atoms with van der Waals surface area (Å²) < 4.78 is 13.9. The first-order valence-corrected chi connectivity index (χ1v) is 8.04. The first-order valence-electron chi connectivity index (χ1n) is 6.37. The van der Waals surface area contributed by atoms with Crippen molar-refractivity contribution in [2.24, 2.45) is 0 Å². The smallest absolute Gasteiger partial charge is 0.295 e. The molecule has 112 valence electrons. The van der Waals surface area contributed by atoms with Crippen molar-refractivity contribution in [2.45, 2.75) is 5.37 Å². The fourth-order valence-corrected chi connectivity index (χ4v) is 3.19.